The summed E-state index contributed by atoms with van der Waals surface area (Å²) in [5, 5.41) is 0.294. The molecule has 0 fully saturated rings. The number of sulfonamides is 1. The largest absolute Gasteiger partial charge is 0.493 e. The Labute approximate surface area is 174 Å². The number of thiazole rings is 1. The average molecular weight is 440 g/mol. The van der Waals surface area contributed by atoms with E-state index in [1.54, 1.807) is 6.07 Å². The molecule has 1 amide bonds. The molecule has 0 radical (unpaired) electrons. The number of amides is 1. The molecule has 8 nitrogen and oxygen atoms in total. The highest BCUT2D eigenvalue weighted by molar-refractivity contribution is 7.93. The predicted molar refractivity (Wildman–Crippen MR) is 111 cm³/mol. The molecule has 0 atom stereocenters. The topological polar surface area (TPSA) is 97.8 Å². The monoisotopic (exact) mass is 439 g/mol. The van der Waals surface area contributed by atoms with E-state index in [9.17, 15) is 13.2 Å². The molecule has 1 aromatic heterocycles. The quantitative estimate of drug-likeness (QED) is 0.712. The van der Waals surface area contributed by atoms with Gasteiger partial charge in [-0.2, -0.15) is 0 Å². The first kappa shape index (κ1) is 21.4. The van der Waals surface area contributed by atoms with E-state index in [0.717, 1.165) is 10.6 Å². The molecule has 3 rings (SSSR count). The standard InChI is InChI=1S/C19H25N3O5S2/c1-12(2)9-18(23)22-8-7-14-17(11-22)28-19(20-14)21-29(24,25)13-5-6-15(26-3)16(10-13)27-4/h5-6,10,12H,7-9,11H2,1-4H3,(H,20,21). The van der Waals surface area contributed by atoms with Crippen molar-refractivity contribution in [1.82, 2.24) is 9.88 Å². The number of anilines is 1. The van der Waals surface area contributed by atoms with E-state index >= 15 is 0 Å². The maximum absolute atomic E-state index is 12.8. The number of rotatable bonds is 7. The van der Waals surface area contributed by atoms with Crippen LogP contribution in [0.25, 0.3) is 0 Å². The van der Waals surface area contributed by atoms with Gasteiger partial charge in [0.1, 0.15) is 0 Å². The van der Waals surface area contributed by atoms with E-state index in [-0.39, 0.29) is 10.8 Å². The van der Waals surface area contributed by atoms with Crippen molar-refractivity contribution in [3.63, 3.8) is 0 Å². The fourth-order valence-corrected chi connectivity index (χ4v) is 5.36. The summed E-state index contributed by atoms with van der Waals surface area (Å²) in [6, 6.07) is 4.39. The Morgan fingerprint density at radius 2 is 2.00 bits per heavy atom. The number of methoxy groups -OCH3 is 2. The number of fused-ring (bicyclic) bond motifs is 1. The molecule has 1 aliphatic heterocycles. The molecule has 2 heterocycles. The Bertz CT molecular complexity index is 1000. The molecule has 1 N–H and O–H groups in total. The van der Waals surface area contributed by atoms with E-state index in [1.165, 1.54) is 37.7 Å². The number of carbonyl (C=O) groups excluding carboxylic acids is 1. The molecule has 29 heavy (non-hydrogen) atoms. The number of hydrogen-bond donors (Lipinski definition) is 1. The second-order valence-electron chi connectivity index (χ2n) is 7.17. The number of nitrogens with zero attached hydrogens (tertiary/aromatic N) is 2. The second kappa shape index (κ2) is 8.58. The number of benzene rings is 1. The van der Waals surface area contributed by atoms with Crippen LogP contribution >= 0.6 is 11.3 Å². The first-order valence-electron chi connectivity index (χ1n) is 9.24. The summed E-state index contributed by atoms with van der Waals surface area (Å²) in [6.45, 7) is 5.10. The van der Waals surface area contributed by atoms with Gasteiger partial charge in [-0.25, -0.2) is 13.4 Å². The number of nitrogens with one attached hydrogen (secondary N) is 1. The average Bonchev–Trinajstić information content (AvgIpc) is 3.07. The van der Waals surface area contributed by atoms with Gasteiger partial charge in [0.15, 0.2) is 16.6 Å². The molecule has 10 heteroatoms. The first-order chi connectivity index (χ1) is 13.7. The van der Waals surface area contributed by atoms with Crippen molar-refractivity contribution < 1.29 is 22.7 Å². The lowest BCUT2D eigenvalue weighted by Gasteiger charge is -2.26. The van der Waals surface area contributed by atoms with Crippen LogP contribution < -0.4 is 14.2 Å². The summed E-state index contributed by atoms with van der Waals surface area (Å²) >= 11 is 1.26. The third-order valence-electron chi connectivity index (χ3n) is 4.55. The Morgan fingerprint density at radius 1 is 1.28 bits per heavy atom. The van der Waals surface area contributed by atoms with Crippen molar-refractivity contribution in [1.29, 1.82) is 0 Å². The van der Waals surface area contributed by atoms with Gasteiger partial charge in [-0.15, -0.1) is 0 Å². The molecular weight excluding hydrogens is 414 g/mol. The normalized spacial score (nSPS) is 13.9. The minimum Gasteiger partial charge on any atom is -0.493 e. The van der Waals surface area contributed by atoms with Gasteiger partial charge in [-0.05, 0) is 18.1 Å². The minimum atomic E-state index is -3.83. The Kier molecular flexibility index (Phi) is 6.33. The second-order valence-corrected chi connectivity index (χ2v) is 9.94. The predicted octanol–water partition coefficient (Wildman–Crippen LogP) is 2.89. The van der Waals surface area contributed by atoms with Crippen molar-refractivity contribution in [2.45, 2.75) is 38.1 Å². The van der Waals surface area contributed by atoms with Gasteiger partial charge < -0.3 is 14.4 Å². The van der Waals surface area contributed by atoms with Crippen molar-refractivity contribution in [2.24, 2.45) is 5.92 Å². The molecule has 1 aromatic carbocycles. The third-order valence-corrected chi connectivity index (χ3v) is 7.02. The number of ether oxygens (including phenoxy) is 2. The summed E-state index contributed by atoms with van der Waals surface area (Å²) in [6.07, 6.45) is 1.13. The lowest BCUT2D eigenvalue weighted by Crippen LogP contribution is -2.36. The summed E-state index contributed by atoms with van der Waals surface area (Å²) in [5.74, 6) is 1.19. The van der Waals surface area contributed by atoms with Gasteiger partial charge in [0.05, 0.1) is 31.4 Å². The Balaban J connectivity index is 1.77. The summed E-state index contributed by atoms with van der Waals surface area (Å²) in [4.78, 5) is 19.5. The highest BCUT2D eigenvalue weighted by atomic mass is 32.2. The van der Waals surface area contributed by atoms with Crippen molar-refractivity contribution >= 4 is 32.4 Å². The van der Waals surface area contributed by atoms with Crippen LogP contribution in [0.15, 0.2) is 23.1 Å². The summed E-state index contributed by atoms with van der Waals surface area (Å²) in [5.41, 5.74) is 0.841. The third kappa shape index (κ3) is 4.81. The summed E-state index contributed by atoms with van der Waals surface area (Å²) < 4.78 is 38.4. The minimum absolute atomic E-state index is 0.0528. The van der Waals surface area contributed by atoms with Gasteiger partial charge in [0, 0.05) is 30.3 Å². The maximum atomic E-state index is 12.8. The van der Waals surface area contributed by atoms with Crippen molar-refractivity contribution in [2.75, 3.05) is 25.5 Å². The van der Waals surface area contributed by atoms with E-state index in [2.05, 4.69) is 9.71 Å². The molecule has 2 aromatic rings. The lowest BCUT2D eigenvalue weighted by molar-refractivity contribution is -0.132. The van der Waals surface area contributed by atoms with Crippen LogP contribution in [0.4, 0.5) is 5.13 Å². The van der Waals surface area contributed by atoms with Crippen molar-refractivity contribution in [3.8, 4) is 11.5 Å². The van der Waals surface area contributed by atoms with Crippen LogP contribution in [0.3, 0.4) is 0 Å². The molecule has 1 aliphatic rings. The molecular formula is C19H25N3O5S2. The zero-order chi connectivity index (χ0) is 21.2. The Hall–Kier alpha value is -2.33. The van der Waals surface area contributed by atoms with Crippen LogP contribution in [0, 0.1) is 5.92 Å². The van der Waals surface area contributed by atoms with E-state index in [4.69, 9.17) is 9.47 Å². The van der Waals surface area contributed by atoms with Crippen molar-refractivity contribution in [3.05, 3.63) is 28.8 Å². The first-order valence-corrected chi connectivity index (χ1v) is 11.5. The van der Waals surface area contributed by atoms with Crippen LogP contribution in [0.2, 0.25) is 0 Å². The molecule has 0 saturated carbocycles. The van der Waals surface area contributed by atoms with Crippen LogP contribution in [-0.2, 0) is 27.8 Å². The lowest BCUT2D eigenvalue weighted by atomic mass is 10.1. The number of aromatic nitrogens is 1. The van der Waals surface area contributed by atoms with Gasteiger partial charge in [0.2, 0.25) is 5.91 Å². The molecule has 0 saturated heterocycles. The van der Waals surface area contributed by atoms with Gasteiger partial charge >= 0.3 is 0 Å². The van der Waals surface area contributed by atoms with E-state index in [1.807, 2.05) is 18.7 Å². The molecule has 0 spiro atoms. The fraction of sp³-hybridized carbons (Fsp3) is 0.474. The molecule has 0 bridgehead atoms. The SMILES string of the molecule is COc1ccc(S(=O)(=O)Nc2nc3c(s2)CN(C(=O)CC(C)C)CC3)cc1OC. The van der Waals surface area contributed by atoms with Gasteiger partial charge in [-0.3, -0.25) is 9.52 Å². The highest BCUT2D eigenvalue weighted by Crippen LogP contribution is 2.33. The molecule has 0 unspecified atom stereocenters. The van der Waals surface area contributed by atoms with Crippen LogP contribution in [0.5, 0.6) is 11.5 Å². The summed E-state index contributed by atoms with van der Waals surface area (Å²) in [7, 11) is -0.901. The fourth-order valence-electron chi connectivity index (χ4n) is 3.09. The number of hydrogen-bond acceptors (Lipinski definition) is 7. The van der Waals surface area contributed by atoms with Gasteiger partial charge in [0.25, 0.3) is 10.0 Å². The molecule has 0 aliphatic carbocycles. The van der Waals surface area contributed by atoms with E-state index in [0.29, 0.717) is 48.5 Å². The van der Waals surface area contributed by atoms with Gasteiger partial charge in [-0.1, -0.05) is 25.2 Å². The Morgan fingerprint density at radius 3 is 2.66 bits per heavy atom. The van der Waals surface area contributed by atoms with E-state index < -0.39 is 10.0 Å². The van der Waals surface area contributed by atoms with Crippen LogP contribution in [-0.4, -0.2) is 45.0 Å². The highest BCUT2D eigenvalue weighted by Gasteiger charge is 2.26. The maximum Gasteiger partial charge on any atom is 0.263 e. The zero-order valence-corrected chi connectivity index (χ0v) is 18.5. The number of carbonyl (C=O) groups is 1. The molecule has 158 valence electrons. The zero-order valence-electron chi connectivity index (χ0n) is 16.9. The van der Waals surface area contributed by atoms with Crippen LogP contribution in [0.1, 0.15) is 30.8 Å². The smallest absolute Gasteiger partial charge is 0.263 e.